The molecular weight excluding hydrogens is 374 g/mol. The van der Waals surface area contributed by atoms with E-state index in [-0.39, 0.29) is 17.7 Å². The SMILES string of the molecule is C[C@H](NC(=O)CSc1nnc(-c2ccncc2)n1C)c1cc2ccccc2o1. The lowest BCUT2D eigenvalue weighted by Gasteiger charge is -2.11. The molecule has 28 heavy (non-hydrogen) atoms. The topological polar surface area (TPSA) is 85.8 Å². The van der Waals surface area contributed by atoms with Gasteiger partial charge >= 0.3 is 0 Å². The molecule has 3 aromatic heterocycles. The number of hydrogen-bond donors (Lipinski definition) is 1. The van der Waals surface area contributed by atoms with E-state index in [1.165, 1.54) is 11.8 Å². The third-order valence-corrected chi connectivity index (χ3v) is 5.37. The molecule has 1 atom stereocenters. The summed E-state index contributed by atoms with van der Waals surface area (Å²) in [5.74, 6) is 1.62. The van der Waals surface area contributed by atoms with Crippen molar-refractivity contribution in [3.63, 3.8) is 0 Å². The number of para-hydroxylation sites is 1. The number of nitrogens with zero attached hydrogens (tertiary/aromatic N) is 4. The van der Waals surface area contributed by atoms with Crippen molar-refractivity contribution in [2.75, 3.05) is 5.75 Å². The van der Waals surface area contributed by atoms with E-state index in [1.54, 1.807) is 12.4 Å². The van der Waals surface area contributed by atoms with Crippen LogP contribution in [-0.2, 0) is 11.8 Å². The number of carbonyl (C=O) groups excluding carboxylic acids is 1. The predicted octanol–water partition coefficient (Wildman–Crippen LogP) is 3.59. The molecule has 0 spiro atoms. The summed E-state index contributed by atoms with van der Waals surface area (Å²) in [6, 6.07) is 13.3. The van der Waals surface area contributed by atoms with Gasteiger partial charge in [-0.05, 0) is 31.2 Å². The van der Waals surface area contributed by atoms with Crippen molar-refractivity contribution in [2.45, 2.75) is 18.1 Å². The molecule has 0 saturated heterocycles. The van der Waals surface area contributed by atoms with Crippen molar-refractivity contribution in [2.24, 2.45) is 7.05 Å². The minimum absolute atomic E-state index is 0.0913. The number of hydrogen-bond acceptors (Lipinski definition) is 6. The van der Waals surface area contributed by atoms with Crippen LogP contribution in [0.15, 0.2) is 64.4 Å². The van der Waals surface area contributed by atoms with Gasteiger partial charge in [0.15, 0.2) is 11.0 Å². The van der Waals surface area contributed by atoms with Crippen LogP contribution in [0.25, 0.3) is 22.4 Å². The standard InChI is InChI=1S/C20H19N5O2S/c1-13(17-11-15-5-3-4-6-16(15)27-17)22-18(26)12-28-20-24-23-19(25(20)2)14-7-9-21-10-8-14/h3-11,13H,12H2,1-2H3,(H,22,26)/t13-/m0/s1. The van der Waals surface area contributed by atoms with Gasteiger partial charge in [0.1, 0.15) is 11.3 Å². The van der Waals surface area contributed by atoms with E-state index >= 15 is 0 Å². The van der Waals surface area contributed by atoms with Crippen molar-refractivity contribution in [3.8, 4) is 11.4 Å². The van der Waals surface area contributed by atoms with Crippen molar-refractivity contribution in [1.29, 1.82) is 0 Å². The maximum absolute atomic E-state index is 12.4. The minimum atomic E-state index is -0.215. The second-order valence-electron chi connectivity index (χ2n) is 6.37. The first kappa shape index (κ1) is 18.2. The fourth-order valence-electron chi connectivity index (χ4n) is 2.89. The van der Waals surface area contributed by atoms with Gasteiger partial charge < -0.3 is 14.3 Å². The van der Waals surface area contributed by atoms with Crippen LogP contribution in [0.5, 0.6) is 0 Å². The van der Waals surface area contributed by atoms with E-state index < -0.39 is 0 Å². The van der Waals surface area contributed by atoms with Crippen LogP contribution in [-0.4, -0.2) is 31.4 Å². The molecule has 8 heteroatoms. The van der Waals surface area contributed by atoms with E-state index in [2.05, 4.69) is 20.5 Å². The largest absolute Gasteiger partial charge is 0.459 e. The maximum atomic E-state index is 12.4. The average Bonchev–Trinajstić information content (AvgIpc) is 3.30. The fraction of sp³-hybridized carbons (Fsp3) is 0.200. The number of carbonyl (C=O) groups is 1. The lowest BCUT2D eigenvalue weighted by molar-refractivity contribution is -0.119. The molecule has 1 amide bonds. The van der Waals surface area contributed by atoms with Crippen molar-refractivity contribution in [1.82, 2.24) is 25.1 Å². The lowest BCUT2D eigenvalue weighted by Crippen LogP contribution is -2.28. The van der Waals surface area contributed by atoms with Gasteiger partial charge in [0.2, 0.25) is 5.91 Å². The van der Waals surface area contributed by atoms with Gasteiger partial charge in [0.05, 0.1) is 11.8 Å². The molecule has 0 fully saturated rings. The summed E-state index contributed by atoms with van der Waals surface area (Å²) in [6.45, 7) is 1.91. The molecule has 4 aromatic rings. The molecule has 7 nitrogen and oxygen atoms in total. The second kappa shape index (κ2) is 7.85. The molecule has 4 rings (SSSR count). The Morgan fingerprint density at radius 3 is 2.79 bits per heavy atom. The number of pyridine rings is 1. The van der Waals surface area contributed by atoms with Crippen molar-refractivity contribution >= 4 is 28.6 Å². The smallest absolute Gasteiger partial charge is 0.231 e. The average molecular weight is 393 g/mol. The van der Waals surface area contributed by atoms with Crippen LogP contribution in [0.4, 0.5) is 0 Å². The molecule has 0 unspecified atom stereocenters. The summed E-state index contributed by atoms with van der Waals surface area (Å²) < 4.78 is 7.68. The quantitative estimate of drug-likeness (QED) is 0.504. The van der Waals surface area contributed by atoms with Gasteiger partial charge in [-0.25, -0.2) is 0 Å². The number of benzene rings is 1. The number of thioether (sulfide) groups is 1. The number of rotatable bonds is 6. The van der Waals surface area contributed by atoms with Gasteiger partial charge in [-0.2, -0.15) is 0 Å². The first-order valence-electron chi connectivity index (χ1n) is 8.82. The maximum Gasteiger partial charge on any atom is 0.231 e. The van der Waals surface area contributed by atoms with Crippen LogP contribution < -0.4 is 5.32 Å². The summed E-state index contributed by atoms with van der Waals surface area (Å²) in [5.41, 5.74) is 1.75. The molecular formula is C20H19N5O2S. The third-order valence-electron chi connectivity index (χ3n) is 4.35. The molecule has 0 saturated carbocycles. The number of fused-ring (bicyclic) bond motifs is 1. The highest BCUT2D eigenvalue weighted by Gasteiger charge is 2.16. The zero-order chi connectivity index (χ0) is 19.5. The number of furan rings is 1. The molecule has 0 aliphatic heterocycles. The molecule has 1 N–H and O–H groups in total. The van der Waals surface area contributed by atoms with E-state index in [0.29, 0.717) is 5.16 Å². The highest BCUT2D eigenvalue weighted by Crippen LogP contribution is 2.24. The Balaban J connectivity index is 1.37. The van der Waals surface area contributed by atoms with Crippen LogP contribution in [0.1, 0.15) is 18.7 Å². The summed E-state index contributed by atoms with van der Waals surface area (Å²) >= 11 is 1.34. The van der Waals surface area contributed by atoms with Crippen molar-refractivity contribution < 1.29 is 9.21 Å². The Hall–Kier alpha value is -3.13. The predicted molar refractivity (Wildman–Crippen MR) is 108 cm³/mol. The summed E-state index contributed by atoms with van der Waals surface area (Å²) in [7, 11) is 1.88. The molecule has 1 aromatic carbocycles. The van der Waals surface area contributed by atoms with Gasteiger partial charge in [0.25, 0.3) is 0 Å². The van der Waals surface area contributed by atoms with Crippen LogP contribution in [0.2, 0.25) is 0 Å². The Morgan fingerprint density at radius 2 is 2.00 bits per heavy atom. The second-order valence-corrected chi connectivity index (χ2v) is 7.31. The first-order chi connectivity index (χ1) is 13.6. The molecule has 142 valence electrons. The number of nitrogens with one attached hydrogen (secondary N) is 1. The zero-order valence-electron chi connectivity index (χ0n) is 15.5. The van der Waals surface area contributed by atoms with Gasteiger partial charge in [-0.15, -0.1) is 10.2 Å². The molecule has 0 aliphatic rings. The normalized spacial score (nSPS) is 12.2. The fourth-order valence-corrected chi connectivity index (χ4v) is 3.62. The monoisotopic (exact) mass is 393 g/mol. The Labute approximate surface area is 166 Å². The molecule has 3 heterocycles. The summed E-state index contributed by atoms with van der Waals surface area (Å²) in [6.07, 6.45) is 3.42. The van der Waals surface area contributed by atoms with Crippen LogP contribution >= 0.6 is 11.8 Å². The molecule has 0 aliphatic carbocycles. The van der Waals surface area contributed by atoms with E-state index in [1.807, 2.05) is 61.0 Å². The van der Waals surface area contributed by atoms with E-state index in [9.17, 15) is 4.79 Å². The Morgan fingerprint density at radius 1 is 1.21 bits per heavy atom. The van der Waals surface area contributed by atoms with Crippen LogP contribution in [0, 0.1) is 0 Å². The summed E-state index contributed by atoms with van der Waals surface area (Å²) in [4.78, 5) is 16.4. The molecule has 0 radical (unpaired) electrons. The molecule has 0 bridgehead atoms. The first-order valence-corrected chi connectivity index (χ1v) is 9.81. The minimum Gasteiger partial charge on any atom is -0.459 e. The zero-order valence-corrected chi connectivity index (χ0v) is 16.3. The lowest BCUT2D eigenvalue weighted by atomic mass is 10.2. The Kier molecular flexibility index (Phi) is 5.12. The van der Waals surface area contributed by atoms with Gasteiger partial charge in [-0.3, -0.25) is 9.78 Å². The van der Waals surface area contributed by atoms with E-state index in [0.717, 1.165) is 28.1 Å². The third kappa shape index (κ3) is 3.77. The van der Waals surface area contributed by atoms with E-state index in [4.69, 9.17) is 4.42 Å². The highest BCUT2D eigenvalue weighted by atomic mass is 32.2. The van der Waals surface area contributed by atoms with Crippen LogP contribution in [0.3, 0.4) is 0 Å². The Bertz CT molecular complexity index is 1070. The van der Waals surface area contributed by atoms with Gasteiger partial charge in [-0.1, -0.05) is 30.0 Å². The highest BCUT2D eigenvalue weighted by molar-refractivity contribution is 7.99. The van der Waals surface area contributed by atoms with Crippen molar-refractivity contribution in [3.05, 3.63) is 60.6 Å². The number of amides is 1. The number of aromatic nitrogens is 4. The summed E-state index contributed by atoms with van der Waals surface area (Å²) in [5, 5.41) is 13.1. The van der Waals surface area contributed by atoms with Gasteiger partial charge in [0, 0.05) is 30.4 Å².